The molecule has 1 aromatic heterocycles. The molecule has 0 bridgehead atoms. The molecule has 0 radical (unpaired) electrons. The van der Waals surface area contributed by atoms with Crippen molar-refractivity contribution >= 4 is 26.0 Å². The number of nitrogens with two attached hydrogens (primary N) is 1. The third-order valence-electron chi connectivity index (χ3n) is 3.09. The maximum atomic E-state index is 12.2. The van der Waals surface area contributed by atoms with Crippen molar-refractivity contribution in [3.8, 4) is 0 Å². The quantitative estimate of drug-likeness (QED) is 0.815. The minimum Gasteiger partial charge on any atom is -0.328 e. The van der Waals surface area contributed by atoms with Crippen molar-refractivity contribution in [1.29, 1.82) is 0 Å². The Morgan fingerprint density at radius 2 is 2.00 bits per heavy atom. The maximum Gasteiger partial charge on any atom is 0.260 e. The van der Waals surface area contributed by atoms with Crippen LogP contribution in [0.5, 0.6) is 0 Å². The number of hydrogen-bond acceptors (Lipinski definition) is 5. The van der Waals surface area contributed by atoms with Crippen molar-refractivity contribution in [1.82, 2.24) is 19.7 Å². The molecule has 0 spiro atoms. The maximum absolute atomic E-state index is 12.2. The van der Waals surface area contributed by atoms with Gasteiger partial charge in [-0.3, -0.25) is 0 Å². The Bertz CT molecular complexity index is 502. The van der Waals surface area contributed by atoms with Crippen molar-refractivity contribution in [2.45, 2.75) is 42.8 Å². The van der Waals surface area contributed by atoms with E-state index < -0.39 is 10.0 Å². The zero-order valence-corrected chi connectivity index (χ0v) is 12.4. The van der Waals surface area contributed by atoms with E-state index >= 15 is 0 Å². The van der Waals surface area contributed by atoms with Gasteiger partial charge in [-0.25, -0.2) is 17.8 Å². The van der Waals surface area contributed by atoms with Crippen molar-refractivity contribution in [3.63, 3.8) is 0 Å². The topological polar surface area (TPSA) is 103 Å². The highest BCUT2D eigenvalue weighted by atomic mass is 79.9. The third kappa shape index (κ3) is 2.90. The van der Waals surface area contributed by atoms with Gasteiger partial charge in [0, 0.05) is 19.1 Å². The van der Waals surface area contributed by atoms with Gasteiger partial charge in [0.05, 0.1) is 0 Å². The van der Waals surface area contributed by atoms with Crippen LogP contribution < -0.4 is 10.5 Å². The highest BCUT2D eigenvalue weighted by Gasteiger charge is 2.28. The van der Waals surface area contributed by atoms with Crippen LogP contribution in [-0.2, 0) is 17.1 Å². The van der Waals surface area contributed by atoms with Crippen LogP contribution in [0.3, 0.4) is 0 Å². The Kier molecular flexibility index (Phi) is 4.05. The summed E-state index contributed by atoms with van der Waals surface area (Å²) in [5.74, 6) is 0. The Labute approximate surface area is 114 Å². The molecule has 3 N–H and O–H groups in total. The van der Waals surface area contributed by atoms with Crippen LogP contribution in [0.4, 0.5) is 0 Å². The molecule has 9 heteroatoms. The van der Waals surface area contributed by atoms with Crippen LogP contribution in [0, 0.1) is 0 Å². The second kappa shape index (κ2) is 5.24. The first kappa shape index (κ1) is 13.9. The molecule has 102 valence electrons. The Balaban J connectivity index is 2.13. The Morgan fingerprint density at radius 3 is 2.50 bits per heavy atom. The van der Waals surface area contributed by atoms with Gasteiger partial charge in [-0.1, -0.05) is 5.21 Å². The summed E-state index contributed by atoms with van der Waals surface area (Å²) in [6.07, 6.45) is 3.22. The van der Waals surface area contributed by atoms with E-state index in [-0.39, 0.29) is 21.7 Å². The number of hydrogen-bond donors (Lipinski definition) is 2. The van der Waals surface area contributed by atoms with Crippen LogP contribution >= 0.6 is 15.9 Å². The monoisotopic (exact) mass is 337 g/mol. The predicted octanol–water partition coefficient (Wildman–Crippen LogP) is 0.126. The Morgan fingerprint density at radius 1 is 1.39 bits per heavy atom. The van der Waals surface area contributed by atoms with E-state index in [0.29, 0.717) is 0 Å². The molecule has 0 atom stereocenters. The number of sulfonamides is 1. The van der Waals surface area contributed by atoms with E-state index in [2.05, 4.69) is 31.0 Å². The number of aromatic nitrogens is 3. The van der Waals surface area contributed by atoms with Crippen LogP contribution in [0.25, 0.3) is 0 Å². The zero-order valence-electron chi connectivity index (χ0n) is 10.0. The fourth-order valence-corrected chi connectivity index (χ4v) is 4.52. The van der Waals surface area contributed by atoms with E-state index in [9.17, 15) is 8.42 Å². The highest BCUT2D eigenvalue weighted by Crippen LogP contribution is 2.22. The fourth-order valence-electron chi connectivity index (χ4n) is 2.12. The van der Waals surface area contributed by atoms with E-state index in [4.69, 9.17) is 5.73 Å². The molecule has 0 aliphatic heterocycles. The minimum absolute atomic E-state index is 0.0531. The summed E-state index contributed by atoms with van der Waals surface area (Å²) < 4.78 is 28.6. The molecule has 0 aromatic carbocycles. The molecule has 1 fully saturated rings. The standard InChI is InChI=1S/C9H16BrN5O2S/c1-15-9(8(10)12-14-15)18(16,17)13-7-4-2-6(11)3-5-7/h6-7,13H,2-5,11H2,1H3. The van der Waals surface area contributed by atoms with Gasteiger partial charge in [0.1, 0.15) is 0 Å². The van der Waals surface area contributed by atoms with Gasteiger partial charge in [-0.15, -0.1) is 5.10 Å². The van der Waals surface area contributed by atoms with Crippen LogP contribution in [0.15, 0.2) is 9.63 Å². The second-order valence-electron chi connectivity index (χ2n) is 4.54. The molecule has 0 amide bonds. The predicted molar refractivity (Wildman–Crippen MR) is 69.3 cm³/mol. The first-order valence-corrected chi connectivity index (χ1v) is 8.01. The van der Waals surface area contributed by atoms with Crippen molar-refractivity contribution in [3.05, 3.63) is 4.60 Å². The van der Waals surface area contributed by atoms with Crippen molar-refractivity contribution < 1.29 is 8.42 Å². The molecular weight excluding hydrogens is 322 g/mol. The van der Waals surface area contributed by atoms with Crippen LogP contribution in [-0.4, -0.2) is 35.5 Å². The lowest BCUT2D eigenvalue weighted by atomic mass is 9.93. The highest BCUT2D eigenvalue weighted by molar-refractivity contribution is 9.10. The SMILES string of the molecule is Cn1nnc(Br)c1S(=O)(=O)NC1CCC(N)CC1. The van der Waals surface area contributed by atoms with Gasteiger partial charge < -0.3 is 5.73 Å². The lowest BCUT2D eigenvalue weighted by Crippen LogP contribution is -2.41. The largest absolute Gasteiger partial charge is 0.328 e. The Hall–Kier alpha value is -0.510. The summed E-state index contributed by atoms with van der Waals surface area (Å²) in [6.45, 7) is 0. The van der Waals surface area contributed by atoms with Gasteiger partial charge >= 0.3 is 0 Å². The number of aryl methyl sites for hydroxylation is 1. The van der Waals surface area contributed by atoms with Crippen LogP contribution in [0.2, 0.25) is 0 Å². The molecular formula is C9H16BrN5O2S. The van der Waals surface area contributed by atoms with E-state index in [1.54, 1.807) is 7.05 Å². The van der Waals surface area contributed by atoms with E-state index in [0.717, 1.165) is 25.7 Å². The molecule has 1 heterocycles. The molecule has 0 saturated heterocycles. The lowest BCUT2D eigenvalue weighted by Gasteiger charge is -2.26. The van der Waals surface area contributed by atoms with Gasteiger partial charge in [-0.05, 0) is 41.6 Å². The van der Waals surface area contributed by atoms with Gasteiger partial charge in [0.25, 0.3) is 10.0 Å². The summed E-state index contributed by atoms with van der Waals surface area (Å²) in [4.78, 5) is 0. The summed E-state index contributed by atoms with van der Waals surface area (Å²) in [6, 6.07) is 0.132. The molecule has 7 nitrogen and oxygen atoms in total. The minimum atomic E-state index is -3.60. The van der Waals surface area contributed by atoms with Crippen LogP contribution in [0.1, 0.15) is 25.7 Å². The smallest absolute Gasteiger partial charge is 0.260 e. The summed E-state index contributed by atoms with van der Waals surface area (Å²) in [5, 5.41) is 7.40. The average Bonchev–Trinajstić information content (AvgIpc) is 2.62. The number of rotatable bonds is 3. The normalized spacial score (nSPS) is 25.3. The molecule has 18 heavy (non-hydrogen) atoms. The van der Waals surface area contributed by atoms with Gasteiger partial charge in [0.2, 0.25) is 5.03 Å². The first-order valence-electron chi connectivity index (χ1n) is 5.73. The molecule has 1 aromatic rings. The van der Waals surface area contributed by atoms with Gasteiger partial charge in [0.15, 0.2) is 4.60 Å². The fraction of sp³-hybridized carbons (Fsp3) is 0.778. The number of nitrogens with one attached hydrogen (secondary N) is 1. The summed E-state index contributed by atoms with van der Waals surface area (Å²) in [7, 11) is -2.05. The number of nitrogens with zero attached hydrogens (tertiary/aromatic N) is 3. The molecule has 1 aliphatic carbocycles. The zero-order chi connectivity index (χ0) is 13.3. The number of halogens is 1. The molecule has 1 aliphatic rings. The summed E-state index contributed by atoms with van der Waals surface area (Å²) in [5.41, 5.74) is 5.79. The average molecular weight is 338 g/mol. The third-order valence-corrected chi connectivity index (χ3v) is 5.49. The van der Waals surface area contributed by atoms with E-state index in [1.165, 1.54) is 4.68 Å². The van der Waals surface area contributed by atoms with Crippen molar-refractivity contribution in [2.75, 3.05) is 0 Å². The lowest BCUT2D eigenvalue weighted by molar-refractivity contribution is 0.372. The molecule has 2 rings (SSSR count). The molecule has 1 saturated carbocycles. The summed E-state index contributed by atoms with van der Waals surface area (Å²) >= 11 is 3.09. The molecule has 0 unspecified atom stereocenters. The van der Waals surface area contributed by atoms with Crippen molar-refractivity contribution in [2.24, 2.45) is 12.8 Å². The van der Waals surface area contributed by atoms with Gasteiger partial charge in [-0.2, -0.15) is 0 Å². The van der Waals surface area contributed by atoms with E-state index in [1.807, 2.05) is 0 Å². The first-order chi connectivity index (χ1) is 8.40. The second-order valence-corrected chi connectivity index (χ2v) is 6.92.